The number of hydrogen-bond donors (Lipinski definition) is 1. The van der Waals surface area contributed by atoms with Crippen LogP contribution in [0.1, 0.15) is 42.1 Å². The topological polar surface area (TPSA) is 37.8 Å². The lowest BCUT2D eigenvalue weighted by Crippen LogP contribution is -2.09. The normalized spacial score (nSPS) is 10.9. The molecular formula is C16H22IN3S. The van der Waals surface area contributed by atoms with Crippen molar-refractivity contribution in [1.29, 1.82) is 0 Å². The first-order chi connectivity index (χ1) is 10.1. The fourth-order valence-electron chi connectivity index (χ4n) is 2.23. The van der Waals surface area contributed by atoms with E-state index in [0.29, 0.717) is 0 Å². The molecule has 0 aliphatic rings. The summed E-state index contributed by atoms with van der Waals surface area (Å²) in [5.74, 6) is 1.84. The van der Waals surface area contributed by atoms with Crippen molar-refractivity contribution in [3.05, 3.63) is 25.1 Å². The van der Waals surface area contributed by atoms with Gasteiger partial charge in [-0.15, -0.1) is 11.3 Å². The summed E-state index contributed by atoms with van der Waals surface area (Å²) in [5, 5.41) is 3.44. The maximum Gasteiger partial charge on any atom is 0.162 e. The minimum absolute atomic E-state index is 0.860. The summed E-state index contributed by atoms with van der Waals surface area (Å²) < 4.78 is 1.16. The minimum Gasteiger partial charge on any atom is -0.369 e. The van der Waals surface area contributed by atoms with Gasteiger partial charge in [0, 0.05) is 21.9 Å². The molecule has 2 aromatic heterocycles. The molecule has 0 spiro atoms. The number of aryl methyl sites for hydroxylation is 3. The second-order valence-electron chi connectivity index (χ2n) is 5.16. The van der Waals surface area contributed by atoms with Gasteiger partial charge in [-0.1, -0.05) is 20.3 Å². The number of thiophene rings is 1. The van der Waals surface area contributed by atoms with E-state index >= 15 is 0 Å². The molecule has 0 amide bonds. The molecule has 0 aliphatic carbocycles. The molecule has 21 heavy (non-hydrogen) atoms. The Morgan fingerprint density at radius 3 is 2.52 bits per heavy atom. The van der Waals surface area contributed by atoms with Gasteiger partial charge in [0.15, 0.2) is 5.82 Å². The molecule has 3 nitrogen and oxygen atoms in total. The van der Waals surface area contributed by atoms with Gasteiger partial charge in [0.1, 0.15) is 5.82 Å². The zero-order chi connectivity index (χ0) is 15.4. The van der Waals surface area contributed by atoms with Gasteiger partial charge < -0.3 is 5.32 Å². The van der Waals surface area contributed by atoms with E-state index in [0.717, 1.165) is 46.7 Å². The molecular weight excluding hydrogens is 393 g/mol. The summed E-state index contributed by atoms with van der Waals surface area (Å²) in [5.41, 5.74) is 2.33. The van der Waals surface area contributed by atoms with Crippen molar-refractivity contribution in [3.8, 4) is 11.4 Å². The third kappa shape index (κ3) is 3.94. The fourth-order valence-corrected chi connectivity index (χ4v) is 3.85. The summed E-state index contributed by atoms with van der Waals surface area (Å²) in [6.07, 6.45) is 3.19. The maximum absolute atomic E-state index is 4.82. The van der Waals surface area contributed by atoms with Crippen LogP contribution < -0.4 is 5.32 Å². The third-order valence-corrected chi connectivity index (χ3v) is 5.33. The quantitative estimate of drug-likeness (QED) is 0.659. The Kier molecular flexibility index (Phi) is 5.98. The zero-order valence-corrected chi connectivity index (χ0v) is 16.1. The predicted molar refractivity (Wildman–Crippen MR) is 100 cm³/mol. The van der Waals surface area contributed by atoms with Gasteiger partial charge in [-0.2, -0.15) is 0 Å². The van der Waals surface area contributed by atoms with Crippen molar-refractivity contribution in [2.45, 2.75) is 47.0 Å². The molecule has 1 N–H and O–H groups in total. The Labute approximate surface area is 144 Å². The molecule has 5 heteroatoms. The Balaban J connectivity index is 2.50. The summed E-state index contributed by atoms with van der Waals surface area (Å²) >= 11 is 4.18. The summed E-state index contributed by atoms with van der Waals surface area (Å²) in [6, 6.07) is 2.20. The zero-order valence-electron chi connectivity index (χ0n) is 13.1. The Bertz CT molecular complexity index is 622. The molecule has 0 radical (unpaired) electrons. The van der Waals surface area contributed by atoms with Crippen molar-refractivity contribution in [1.82, 2.24) is 9.97 Å². The number of anilines is 1. The maximum atomic E-state index is 4.82. The van der Waals surface area contributed by atoms with Gasteiger partial charge >= 0.3 is 0 Å². The van der Waals surface area contributed by atoms with Gasteiger partial charge in [-0.25, -0.2) is 9.97 Å². The number of nitrogens with one attached hydrogen (secondary N) is 1. The van der Waals surface area contributed by atoms with Crippen LogP contribution in [0.4, 0.5) is 5.82 Å². The monoisotopic (exact) mass is 415 g/mol. The Morgan fingerprint density at radius 1 is 1.19 bits per heavy atom. The van der Waals surface area contributed by atoms with Crippen molar-refractivity contribution >= 4 is 39.7 Å². The van der Waals surface area contributed by atoms with Crippen LogP contribution in [0.25, 0.3) is 11.4 Å². The van der Waals surface area contributed by atoms with Crippen LogP contribution in [-0.2, 0) is 6.42 Å². The second kappa shape index (κ2) is 7.54. The largest absolute Gasteiger partial charge is 0.369 e. The van der Waals surface area contributed by atoms with E-state index < -0.39 is 0 Å². The number of aromatic nitrogens is 2. The molecule has 114 valence electrons. The summed E-state index contributed by atoms with van der Waals surface area (Å²) in [6.45, 7) is 9.59. The lowest BCUT2D eigenvalue weighted by molar-refractivity contribution is 0.864. The summed E-state index contributed by atoms with van der Waals surface area (Å²) in [4.78, 5) is 12.2. The number of hydrogen-bond acceptors (Lipinski definition) is 4. The van der Waals surface area contributed by atoms with E-state index in [4.69, 9.17) is 9.97 Å². The number of nitrogens with zero attached hydrogens (tertiary/aromatic N) is 2. The predicted octanol–water partition coefficient (Wildman–Crippen LogP) is 5.20. The van der Waals surface area contributed by atoms with Crippen molar-refractivity contribution in [3.63, 3.8) is 0 Å². The highest BCUT2D eigenvalue weighted by atomic mass is 127. The molecule has 0 bridgehead atoms. The van der Waals surface area contributed by atoms with Gasteiger partial charge in [0.2, 0.25) is 0 Å². The molecule has 2 rings (SSSR count). The van der Waals surface area contributed by atoms with Gasteiger partial charge in [0.05, 0.1) is 9.26 Å². The molecule has 0 unspecified atom stereocenters. The third-order valence-electron chi connectivity index (χ3n) is 3.23. The lowest BCUT2D eigenvalue weighted by Gasteiger charge is -2.12. The van der Waals surface area contributed by atoms with Crippen molar-refractivity contribution < 1.29 is 0 Å². The first kappa shape index (κ1) is 16.7. The van der Waals surface area contributed by atoms with Crippen LogP contribution in [0.3, 0.4) is 0 Å². The molecule has 0 fully saturated rings. The van der Waals surface area contributed by atoms with Crippen LogP contribution in [0.2, 0.25) is 0 Å². The van der Waals surface area contributed by atoms with E-state index in [1.165, 1.54) is 15.3 Å². The Morgan fingerprint density at radius 2 is 1.95 bits per heavy atom. The van der Waals surface area contributed by atoms with Crippen LogP contribution in [0.5, 0.6) is 0 Å². The molecule has 0 saturated carbocycles. The highest BCUT2D eigenvalue weighted by molar-refractivity contribution is 14.1. The second-order valence-corrected chi connectivity index (χ2v) is 7.70. The first-order valence-electron chi connectivity index (χ1n) is 7.44. The van der Waals surface area contributed by atoms with Gasteiger partial charge in [-0.3, -0.25) is 0 Å². The average Bonchev–Trinajstić information content (AvgIpc) is 2.79. The lowest BCUT2D eigenvalue weighted by atomic mass is 10.2. The van der Waals surface area contributed by atoms with E-state index in [1.807, 2.05) is 11.3 Å². The first-order valence-corrected chi connectivity index (χ1v) is 9.34. The van der Waals surface area contributed by atoms with Gasteiger partial charge in [0.25, 0.3) is 0 Å². The Hall–Kier alpha value is -0.690. The molecule has 0 aliphatic heterocycles. The van der Waals surface area contributed by atoms with E-state index in [9.17, 15) is 0 Å². The molecule has 2 heterocycles. The van der Waals surface area contributed by atoms with E-state index in [2.05, 4.69) is 61.7 Å². The van der Waals surface area contributed by atoms with Crippen molar-refractivity contribution in [2.24, 2.45) is 0 Å². The van der Waals surface area contributed by atoms with Crippen LogP contribution in [0, 0.1) is 17.4 Å². The van der Waals surface area contributed by atoms with Crippen molar-refractivity contribution in [2.75, 3.05) is 11.9 Å². The van der Waals surface area contributed by atoms with Gasteiger partial charge in [-0.05, 0) is 55.3 Å². The highest BCUT2D eigenvalue weighted by Crippen LogP contribution is 2.31. The smallest absolute Gasteiger partial charge is 0.162 e. The van der Waals surface area contributed by atoms with Crippen LogP contribution >= 0.6 is 33.9 Å². The molecule has 0 aromatic carbocycles. The number of rotatable bonds is 6. The molecule has 0 atom stereocenters. The van der Waals surface area contributed by atoms with E-state index in [-0.39, 0.29) is 0 Å². The number of halogens is 1. The molecule has 2 aromatic rings. The summed E-state index contributed by atoms with van der Waals surface area (Å²) in [7, 11) is 0. The van der Waals surface area contributed by atoms with Crippen LogP contribution in [-0.4, -0.2) is 16.5 Å². The highest BCUT2D eigenvalue weighted by Gasteiger charge is 2.15. The molecule has 0 saturated heterocycles. The van der Waals surface area contributed by atoms with E-state index in [1.54, 1.807) is 0 Å². The standard InChI is InChI=1S/C16H22IN3S/c1-5-7-13-14(17)16(18-8-6-2)20-15(19-13)12-9-10(3)21-11(12)4/h9H,5-8H2,1-4H3,(H,18,19,20). The SMILES string of the molecule is CCCNc1nc(-c2cc(C)sc2C)nc(CCC)c1I. The average molecular weight is 415 g/mol. The van der Waals surface area contributed by atoms with Crippen LogP contribution in [0.15, 0.2) is 6.07 Å². The fraction of sp³-hybridized carbons (Fsp3) is 0.500. The minimum atomic E-state index is 0.860.